The van der Waals surface area contributed by atoms with E-state index in [-0.39, 0.29) is 61.6 Å². The standard InChI is InChI=1S/C49H76O21/c1-20-43(68-37-15-30(53)44(21(2)63-37)69-38-16-32(65-23(4)51)45(22(3)64-38)70-46-42(59)41(58)40(57)33(18-50)67-46)29(52)14-36(62-20)66-26-9-10-47(5)25(12-26)7-8-27-28(47)13-34(55)48(6)39(24-11-35(56)61-19-24)31(54)17-49(27,48)60/h11,20-22,25-34,36-46,50,52-55,57-60H,7-10,12-19H2,1-6H3/t20-,21-,22-,25-,26+,27-,28+,29+,30+,31+,32+,33-,34-,36+,37+,38+,39+,40-,41+,42-,43-,44-,45-,46+,47+,48-,49+/m1/s1. The molecule has 0 bridgehead atoms. The number of rotatable bonds is 11. The van der Waals surface area contributed by atoms with E-state index in [0.717, 1.165) is 32.1 Å². The van der Waals surface area contributed by atoms with Crippen molar-refractivity contribution in [1.82, 2.24) is 0 Å². The minimum Gasteiger partial charge on any atom is -0.459 e. The van der Waals surface area contributed by atoms with Crippen molar-refractivity contribution in [3.8, 4) is 0 Å². The van der Waals surface area contributed by atoms with Gasteiger partial charge in [-0.15, -0.1) is 0 Å². The van der Waals surface area contributed by atoms with Crippen LogP contribution in [0.3, 0.4) is 0 Å². The van der Waals surface area contributed by atoms with Crippen molar-refractivity contribution >= 4 is 11.9 Å². The molecule has 70 heavy (non-hydrogen) atoms. The van der Waals surface area contributed by atoms with Gasteiger partial charge in [-0.3, -0.25) is 4.79 Å². The number of aliphatic hydroxyl groups excluding tert-OH is 8. The highest BCUT2D eigenvalue weighted by Crippen LogP contribution is 2.70. The van der Waals surface area contributed by atoms with Crippen LogP contribution in [0.15, 0.2) is 11.6 Å². The van der Waals surface area contributed by atoms with E-state index in [9.17, 15) is 55.5 Å². The van der Waals surface area contributed by atoms with Crippen LogP contribution in [0.2, 0.25) is 0 Å². The van der Waals surface area contributed by atoms with Crippen molar-refractivity contribution in [3.05, 3.63) is 11.6 Å². The van der Waals surface area contributed by atoms with Crippen molar-refractivity contribution < 1.29 is 103 Å². The smallest absolute Gasteiger partial charge is 0.331 e. The van der Waals surface area contributed by atoms with Gasteiger partial charge in [0, 0.05) is 50.0 Å². The van der Waals surface area contributed by atoms with Crippen LogP contribution in [0.25, 0.3) is 0 Å². The van der Waals surface area contributed by atoms with Gasteiger partial charge in [-0.1, -0.05) is 13.8 Å². The maximum atomic E-state index is 12.6. The van der Waals surface area contributed by atoms with E-state index in [1.807, 2.05) is 6.92 Å². The minimum atomic E-state index is -1.69. The number of esters is 2. The van der Waals surface area contributed by atoms with Crippen LogP contribution in [0.5, 0.6) is 0 Å². The first-order chi connectivity index (χ1) is 33.1. The van der Waals surface area contributed by atoms with Gasteiger partial charge in [0.1, 0.15) is 55.4 Å². The molecule has 9 N–H and O–H groups in total. The summed E-state index contributed by atoms with van der Waals surface area (Å²) in [5.41, 5.74) is -1.92. The molecular formula is C49H76O21. The first-order valence-corrected chi connectivity index (χ1v) is 25.4. The molecule has 5 aliphatic heterocycles. The Kier molecular flexibility index (Phi) is 15.3. The molecule has 4 saturated heterocycles. The summed E-state index contributed by atoms with van der Waals surface area (Å²) in [6.45, 7) is 9.87. The largest absolute Gasteiger partial charge is 0.459 e. The molecule has 27 atom stereocenters. The lowest BCUT2D eigenvalue weighted by atomic mass is 9.42. The maximum absolute atomic E-state index is 12.6. The molecule has 0 amide bonds. The van der Waals surface area contributed by atoms with Gasteiger partial charge in [-0.05, 0) is 88.0 Å². The Balaban J connectivity index is 0.756. The van der Waals surface area contributed by atoms with Crippen LogP contribution < -0.4 is 0 Å². The third-order valence-corrected chi connectivity index (χ3v) is 18.3. The lowest BCUT2D eigenvalue weighted by molar-refractivity contribution is -0.355. The van der Waals surface area contributed by atoms with E-state index in [0.29, 0.717) is 12.0 Å². The van der Waals surface area contributed by atoms with Gasteiger partial charge in [0.15, 0.2) is 25.2 Å². The van der Waals surface area contributed by atoms with Gasteiger partial charge >= 0.3 is 11.9 Å². The van der Waals surface area contributed by atoms with Crippen LogP contribution in [0.1, 0.15) is 106 Å². The molecule has 0 radical (unpaired) electrons. The molecule has 21 heteroatoms. The number of ether oxygens (including phenoxy) is 10. The van der Waals surface area contributed by atoms with E-state index in [1.54, 1.807) is 20.8 Å². The van der Waals surface area contributed by atoms with Gasteiger partial charge in [0.25, 0.3) is 0 Å². The van der Waals surface area contributed by atoms with Gasteiger partial charge < -0.3 is 93.3 Å². The topological polar surface area (TPSA) is 309 Å². The van der Waals surface area contributed by atoms with E-state index >= 15 is 0 Å². The highest BCUT2D eigenvalue weighted by atomic mass is 16.8. The summed E-state index contributed by atoms with van der Waals surface area (Å²) in [5, 5.41) is 99.5. The van der Waals surface area contributed by atoms with E-state index in [4.69, 9.17) is 47.4 Å². The maximum Gasteiger partial charge on any atom is 0.331 e. The second-order valence-corrected chi connectivity index (χ2v) is 22.4. The zero-order valence-electron chi connectivity index (χ0n) is 40.8. The van der Waals surface area contributed by atoms with Gasteiger partial charge in [-0.2, -0.15) is 0 Å². The van der Waals surface area contributed by atoms with Crippen molar-refractivity contribution in [2.45, 2.75) is 234 Å². The van der Waals surface area contributed by atoms with Gasteiger partial charge in [-0.25, -0.2) is 4.79 Å². The summed E-state index contributed by atoms with van der Waals surface area (Å²) in [4.78, 5) is 24.2. The predicted octanol–water partition coefficient (Wildman–Crippen LogP) is -0.416. The second-order valence-electron chi connectivity index (χ2n) is 22.4. The average molecular weight is 1000 g/mol. The first kappa shape index (κ1) is 52.8. The van der Waals surface area contributed by atoms with Crippen LogP contribution >= 0.6 is 0 Å². The SMILES string of the molecule is CC(=O)O[C@H]1C[C@H](O[C@H]2[C@@H](O)C[C@H](O[C@H]3[C@@H](O)C[C@H](O[C@H]4CC[C@@]5(C)[C@H](CC[C@@H]6[C@@H]5C[C@@H](O)[C@]5(C)[C@@H](C7=CC(=O)OC7)[C@@H](O)C[C@]65O)C4)O[C@@H]3C)O[C@@H]2C)O[C@H](C)[C@H]1O[C@@H]1O[C@H](CO)[C@@H](O)[C@H](O)[C@H]1O. The molecule has 0 aromatic rings. The minimum absolute atomic E-state index is 0.0175. The number of hydrogen-bond acceptors (Lipinski definition) is 21. The molecule has 398 valence electrons. The molecule has 5 heterocycles. The fourth-order valence-electron chi connectivity index (χ4n) is 14.7. The molecular weight excluding hydrogens is 925 g/mol. The highest BCUT2D eigenvalue weighted by molar-refractivity contribution is 5.85. The van der Waals surface area contributed by atoms with Crippen LogP contribution in [0, 0.1) is 34.5 Å². The number of carbonyl (C=O) groups excluding carboxylic acids is 2. The highest BCUT2D eigenvalue weighted by Gasteiger charge is 2.73. The van der Waals surface area contributed by atoms with Gasteiger partial charge in [0.05, 0.1) is 61.0 Å². The number of aliphatic hydroxyl groups is 9. The Labute approximate surface area is 407 Å². The quantitative estimate of drug-likeness (QED) is 0.0938. The molecule has 9 rings (SSSR count). The first-order valence-electron chi connectivity index (χ1n) is 25.4. The summed E-state index contributed by atoms with van der Waals surface area (Å²) in [6, 6.07) is 0. The average Bonchev–Trinajstić information content (AvgIpc) is 3.80. The predicted molar refractivity (Wildman–Crippen MR) is 236 cm³/mol. The summed E-state index contributed by atoms with van der Waals surface area (Å²) in [5.74, 6) is -1.55. The van der Waals surface area contributed by atoms with E-state index in [1.165, 1.54) is 13.0 Å². The molecule has 0 spiro atoms. The molecule has 9 aliphatic rings. The van der Waals surface area contributed by atoms with Gasteiger partial charge in [0.2, 0.25) is 0 Å². The number of carbonyl (C=O) groups is 2. The molecule has 0 unspecified atom stereocenters. The third-order valence-electron chi connectivity index (χ3n) is 18.3. The fourth-order valence-corrected chi connectivity index (χ4v) is 14.7. The number of cyclic esters (lactones) is 1. The molecule has 21 nitrogen and oxygen atoms in total. The molecule has 4 saturated carbocycles. The second kappa shape index (κ2) is 20.3. The summed E-state index contributed by atoms with van der Waals surface area (Å²) in [7, 11) is 0. The zero-order chi connectivity index (χ0) is 50.4. The molecule has 0 aromatic carbocycles. The van der Waals surface area contributed by atoms with E-state index in [2.05, 4.69) is 6.92 Å². The van der Waals surface area contributed by atoms with E-state index < -0.39 is 152 Å². The Morgan fingerprint density at radius 3 is 1.91 bits per heavy atom. The van der Waals surface area contributed by atoms with Crippen molar-refractivity contribution in [2.24, 2.45) is 34.5 Å². The van der Waals surface area contributed by atoms with Crippen LogP contribution in [0.4, 0.5) is 0 Å². The molecule has 4 aliphatic carbocycles. The Bertz CT molecular complexity index is 1880. The lowest BCUT2D eigenvalue weighted by Crippen LogP contribution is -2.67. The fraction of sp³-hybridized carbons (Fsp3) is 0.918. The number of hydrogen-bond donors (Lipinski definition) is 9. The summed E-state index contributed by atoms with van der Waals surface area (Å²) in [6.07, 6.45) is -14.3. The third kappa shape index (κ3) is 9.43. The zero-order valence-corrected chi connectivity index (χ0v) is 40.8. The monoisotopic (exact) mass is 1000 g/mol. The lowest BCUT2D eigenvalue weighted by Gasteiger charge is -2.65. The number of fused-ring (bicyclic) bond motifs is 5. The van der Waals surface area contributed by atoms with Crippen molar-refractivity contribution in [3.63, 3.8) is 0 Å². The summed E-state index contributed by atoms with van der Waals surface area (Å²) < 4.78 is 59.9. The Morgan fingerprint density at radius 1 is 0.714 bits per heavy atom. The van der Waals surface area contributed by atoms with Crippen LogP contribution in [-0.4, -0.2) is 200 Å². The summed E-state index contributed by atoms with van der Waals surface area (Å²) >= 11 is 0. The van der Waals surface area contributed by atoms with Crippen LogP contribution in [-0.2, 0) is 57.0 Å². The molecule has 8 fully saturated rings. The van der Waals surface area contributed by atoms with Crippen molar-refractivity contribution in [2.75, 3.05) is 13.2 Å². The normalized spacial score (nSPS) is 53.8. The van der Waals surface area contributed by atoms with Crippen molar-refractivity contribution in [1.29, 1.82) is 0 Å². The Morgan fingerprint density at radius 2 is 1.33 bits per heavy atom. The Hall–Kier alpha value is -2.00. The molecule has 0 aromatic heterocycles.